The smallest absolute Gasteiger partial charge is 0.310 e. The number of rotatable bonds is 5. The van der Waals surface area contributed by atoms with Crippen LogP contribution < -0.4 is 9.47 Å². The summed E-state index contributed by atoms with van der Waals surface area (Å²) in [7, 11) is 1.55. The SMILES string of the molecule is CCC(=O)Oc1c(C(=O)c2ccc(Cl)cc2)[nH]c2ccc(OC)cc12. The van der Waals surface area contributed by atoms with Gasteiger partial charge in [-0.1, -0.05) is 18.5 Å². The van der Waals surface area contributed by atoms with Crippen LogP contribution >= 0.6 is 11.6 Å². The van der Waals surface area contributed by atoms with E-state index in [0.29, 0.717) is 27.2 Å². The maximum absolute atomic E-state index is 12.9. The van der Waals surface area contributed by atoms with Gasteiger partial charge in [-0.15, -0.1) is 0 Å². The first-order valence-corrected chi connectivity index (χ1v) is 8.12. The molecule has 0 aliphatic heterocycles. The van der Waals surface area contributed by atoms with Gasteiger partial charge >= 0.3 is 5.97 Å². The predicted molar refractivity (Wildman–Crippen MR) is 95.7 cm³/mol. The zero-order valence-electron chi connectivity index (χ0n) is 13.8. The minimum Gasteiger partial charge on any atom is -0.497 e. The zero-order chi connectivity index (χ0) is 18.0. The number of aromatic nitrogens is 1. The van der Waals surface area contributed by atoms with Crippen LogP contribution in [0.2, 0.25) is 5.02 Å². The van der Waals surface area contributed by atoms with Gasteiger partial charge in [-0.25, -0.2) is 0 Å². The fraction of sp³-hybridized carbons (Fsp3) is 0.158. The Hall–Kier alpha value is -2.79. The van der Waals surface area contributed by atoms with Crippen molar-refractivity contribution in [3.8, 4) is 11.5 Å². The molecule has 0 spiro atoms. The fourth-order valence-corrected chi connectivity index (χ4v) is 2.60. The van der Waals surface area contributed by atoms with Gasteiger partial charge in [0.2, 0.25) is 5.78 Å². The van der Waals surface area contributed by atoms with Crippen molar-refractivity contribution in [1.29, 1.82) is 0 Å². The minimum atomic E-state index is -0.422. The Morgan fingerprint density at radius 2 is 1.84 bits per heavy atom. The second kappa shape index (κ2) is 6.99. The number of aromatic amines is 1. The van der Waals surface area contributed by atoms with E-state index in [0.717, 1.165) is 0 Å². The Bertz CT molecular complexity index is 944. The molecule has 0 radical (unpaired) electrons. The summed E-state index contributed by atoms with van der Waals surface area (Å²) in [5.74, 6) is 0.103. The van der Waals surface area contributed by atoms with Crippen molar-refractivity contribution in [3.05, 3.63) is 58.7 Å². The molecule has 2 aromatic carbocycles. The van der Waals surface area contributed by atoms with E-state index in [9.17, 15) is 9.59 Å². The second-order valence-corrected chi connectivity index (χ2v) is 5.84. The number of hydrogen-bond donors (Lipinski definition) is 1. The molecule has 128 valence electrons. The van der Waals surface area contributed by atoms with Gasteiger partial charge in [-0.2, -0.15) is 0 Å². The summed E-state index contributed by atoms with van der Waals surface area (Å²) in [6.45, 7) is 1.69. The Labute approximate surface area is 149 Å². The number of carbonyl (C=O) groups is 2. The molecule has 0 saturated heterocycles. The van der Waals surface area contributed by atoms with Crippen LogP contribution in [0.25, 0.3) is 10.9 Å². The molecule has 25 heavy (non-hydrogen) atoms. The molecular weight excluding hydrogens is 342 g/mol. The van der Waals surface area contributed by atoms with Crippen molar-refractivity contribution in [1.82, 2.24) is 4.98 Å². The Morgan fingerprint density at radius 3 is 2.48 bits per heavy atom. The van der Waals surface area contributed by atoms with Crippen LogP contribution in [0.1, 0.15) is 29.4 Å². The average molecular weight is 358 g/mol. The van der Waals surface area contributed by atoms with Gasteiger partial charge in [0.25, 0.3) is 0 Å². The summed E-state index contributed by atoms with van der Waals surface area (Å²) < 4.78 is 10.7. The highest BCUT2D eigenvalue weighted by Gasteiger charge is 2.22. The Kier molecular flexibility index (Phi) is 4.76. The predicted octanol–water partition coefficient (Wildman–Crippen LogP) is 4.38. The largest absolute Gasteiger partial charge is 0.497 e. The quantitative estimate of drug-likeness (QED) is 0.543. The van der Waals surface area contributed by atoms with E-state index in [-0.39, 0.29) is 23.6 Å². The van der Waals surface area contributed by atoms with E-state index < -0.39 is 5.97 Å². The van der Waals surface area contributed by atoms with E-state index >= 15 is 0 Å². The van der Waals surface area contributed by atoms with Crippen LogP contribution in [0, 0.1) is 0 Å². The summed E-state index contributed by atoms with van der Waals surface area (Å²) in [6.07, 6.45) is 0.200. The topological polar surface area (TPSA) is 68.4 Å². The van der Waals surface area contributed by atoms with Gasteiger partial charge in [0.05, 0.1) is 12.6 Å². The van der Waals surface area contributed by atoms with Crippen molar-refractivity contribution in [2.75, 3.05) is 7.11 Å². The van der Waals surface area contributed by atoms with Crippen molar-refractivity contribution < 1.29 is 19.1 Å². The molecule has 1 heterocycles. The number of carbonyl (C=O) groups excluding carboxylic acids is 2. The summed E-state index contributed by atoms with van der Waals surface area (Å²) in [6, 6.07) is 11.8. The number of esters is 1. The van der Waals surface area contributed by atoms with Crippen LogP contribution in [0.3, 0.4) is 0 Å². The minimum absolute atomic E-state index is 0.200. The van der Waals surface area contributed by atoms with Crippen LogP contribution in [0.4, 0.5) is 0 Å². The molecule has 0 bridgehead atoms. The monoisotopic (exact) mass is 357 g/mol. The molecule has 0 aliphatic carbocycles. The number of benzene rings is 2. The third-order valence-electron chi connectivity index (χ3n) is 3.80. The molecule has 1 N–H and O–H groups in total. The van der Waals surface area contributed by atoms with E-state index in [1.807, 2.05) is 0 Å². The zero-order valence-corrected chi connectivity index (χ0v) is 14.5. The van der Waals surface area contributed by atoms with Crippen LogP contribution in [0.15, 0.2) is 42.5 Å². The van der Waals surface area contributed by atoms with Crippen molar-refractivity contribution in [3.63, 3.8) is 0 Å². The molecule has 0 unspecified atom stereocenters. The van der Waals surface area contributed by atoms with E-state index in [1.54, 1.807) is 56.5 Å². The number of methoxy groups -OCH3 is 1. The number of hydrogen-bond acceptors (Lipinski definition) is 4. The number of halogens is 1. The number of H-pyrrole nitrogens is 1. The molecule has 3 aromatic rings. The lowest BCUT2D eigenvalue weighted by Gasteiger charge is -2.06. The highest BCUT2D eigenvalue weighted by molar-refractivity contribution is 6.30. The molecule has 0 atom stereocenters. The number of fused-ring (bicyclic) bond motifs is 1. The molecule has 5 nitrogen and oxygen atoms in total. The van der Waals surface area contributed by atoms with Gasteiger partial charge in [0.15, 0.2) is 5.75 Å². The van der Waals surface area contributed by atoms with Crippen molar-refractivity contribution in [2.24, 2.45) is 0 Å². The summed E-state index contributed by atoms with van der Waals surface area (Å²) in [4.78, 5) is 27.8. The maximum Gasteiger partial charge on any atom is 0.310 e. The Morgan fingerprint density at radius 1 is 1.12 bits per heavy atom. The Balaban J connectivity index is 2.15. The number of ketones is 1. The standard InChI is InChI=1S/C19H16ClNO4/c1-3-16(22)25-19-14-10-13(24-2)8-9-15(14)21-17(19)18(23)11-4-6-12(20)7-5-11/h4-10,21H,3H2,1-2H3. The molecule has 0 saturated carbocycles. The lowest BCUT2D eigenvalue weighted by molar-refractivity contribution is -0.133. The molecular formula is C19H16ClNO4. The molecule has 0 fully saturated rings. The maximum atomic E-state index is 12.9. The molecule has 0 aliphatic rings. The number of ether oxygens (including phenoxy) is 2. The molecule has 0 amide bonds. The van der Waals surface area contributed by atoms with E-state index in [2.05, 4.69) is 4.98 Å². The third kappa shape index (κ3) is 3.37. The second-order valence-electron chi connectivity index (χ2n) is 5.40. The first kappa shape index (κ1) is 17.0. The van der Waals surface area contributed by atoms with Crippen molar-refractivity contribution in [2.45, 2.75) is 13.3 Å². The lowest BCUT2D eigenvalue weighted by atomic mass is 10.1. The van der Waals surface area contributed by atoms with Crippen molar-refractivity contribution >= 4 is 34.3 Å². The average Bonchev–Trinajstić information content (AvgIpc) is 2.99. The van der Waals surface area contributed by atoms with Gasteiger partial charge in [0.1, 0.15) is 11.4 Å². The van der Waals surface area contributed by atoms with Gasteiger partial charge in [0, 0.05) is 22.4 Å². The van der Waals surface area contributed by atoms with Crippen LogP contribution in [-0.2, 0) is 4.79 Å². The molecule has 3 rings (SSSR count). The van der Waals surface area contributed by atoms with Gasteiger partial charge in [-0.05, 0) is 42.5 Å². The van der Waals surface area contributed by atoms with Gasteiger partial charge < -0.3 is 14.5 Å². The number of nitrogens with one attached hydrogen (secondary N) is 1. The highest BCUT2D eigenvalue weighted by atomic mass is 35.5. The first-order valence-electron chi connectivity index (χ1n) is 7.74. The normalized spacial score (nSPS) is 10.7. The van der Waals surface area contributed by atoms with E-state index in [1.165, 1.54) is 0 Å². The summed E-state index contributed by atoms with van der Waals surface area (Å²) in [5.41, 5.74) is 1.33. The fourth-order valence-electron chi connectivity index (χ4n) is 2.47. The lowest BCUT2D eigenvalue weighted by Crippen LogP contribution is -2.10. The van der Waals surface area contributed by atoms with Gasteiger partial charge in [-0.3, -0.25) is 9.59 Å². The molecule has 6 heteroatoms. The van der Waals surface area contributed by atoms with E-state index in [4.69, 9.17) is 21.1 Å². The van der Waals surface area contributed by atoms with Crippen LogP contribution in [0.5, 0.6) is 11.5 Å². The first-order chi connectivity index (χ1) is 12.0. The summed E-state index contributed by atoms with van der Waals surface area (Å²) in [5, 5.41) is 1.15. The van der Waals surface area contributed by atoms with Crippen LogP contribution in [-0.4, -0.2) is 23.8 Å². The summed E-state index contributed by atoms with van der Waals surface area (Å²) >= 11 is 5.88. The third-order valence-corrected chi connectivity index (χ3v) is 4.05. The molecule has 1 aromatic heterocycles. The highest BCUT2D eigenvalue weighted by Crippen LogP contribution is 2.34.